The van der Waals surface area contributed by atoms with Crippen LogP contribution >= 0.6 is 0 Å². The molecule has 0 aromatic heterocycles. The lowest BCUT2D eigenvalue weighted by Gasteiger charge is -2.51. The van der Waals surface area contributed by atoms with Crippen LogP contribution in [0.1, 0.15) is 25.7 Å². The minimum Gasteiger partial charge on any atom is -0.455 e. The van der Waals surface area contributed by atoms with Crippen molar-refractivity contribution in [3.05, 3.63) is 12.2 Å². The SMILES string of the molecule is C=C1CC2(CC(C(O)(C(F)(F)F)C(F)(F)F)CC(C(O)(C(F)(F)F)C(F)(F)F)C2)OC1=O. The minimum absolute atomic E-state index is 0.630. The van der Waals surface area contributed by atoms with E-state index in [0.29, 0.717) is 0 Å². The van der Waals surface area contributed by atoms with Gasteiger partial charge in [-0.3, -0.25) is 0 Å². The Morgan fingerprint density at radius 2 is 1.06 bits per heavy atom. The highest BCUT2D eigenvalue weighted by molar-refractivity contribution is 5.90. The Bertz CT molecular complexity index is 684. The standard InChI is InChI=1S/C16H14F12O4/c1-6-3-10(32-9(6)29)4-7(11(30,13(17,18)19)14(20,21)22)2-8(5-10)12(31,15(23,24)25)16(26,27)28/h7-8,30-31H,1-5H2. The van der Waals surface area contributed by atoms with E-state index >= 15 is 0 Å². The van der Waals surface area contributed by atoms with Crippen LogP contribution in [0.3, 0.4) is 0 Å². The zero-order chi connectivity index (χ0) is 25.3. The molecule has 1 saturated carbocycles. The lowest BCUT2D eigenvalue weighted by molar-refractivity contribution is -0.407. The number of ether oxygens (including phenoxy) is 1. The van der Waals surface area contributed by atoms with Crippen LogP contribution in [0, 0.1) is 11.8 Å². The lowest BCUT2D eigenvalue weighted by atomic mass is 9.61. The molecule has 1 aliphatic heterocycles. The molecule has 0 aromatic rings. The summed E-state index contributed by atoms with van der Waals surface area (Å²) in [7, 11) is 0. The molecule has 0 amide bonds. The summed E-state index contributed by atoms with van der Waals surface area (Å²) in [6.07, 6.45) is -32.7. The van der Waals surface area contributed by atoms with Gasteiger partial charge in [0.1, 0.15) is 5.60 Å². The van der Waals surface area contributed by atoms with Gasteiger partial charge in [0.25, 0.3) is 11.2 Å². The molecule has 2 rings (SSSR count). The topological polar surface area (TPSA) is 66.8 Å². The quantitative estimate of drug-likeness (QED) is 0.338. The largest absolute Gasteiger partial charge is 0.455 e. The molecule has 2 unspecified atom stereocenters. The highest BCUT2D eigenvalue weighted by Crippen LogP contribution is 2.61. The lowest BCUT2D eigenvalue weighted by Crippen LogP contribution is -2.68. The smallest absolute Gasteiger partial charge is 0.426 e. The summed E-state index contributed by atoms with van der Waals surface area (Å²) in [5.74, 6) is -8.25. The second-order valence-electron chi connectivity index (χ2n) is 7.91. The molecule has 1 saturated heterocycles. The average Bonchev–Trinajstić information content (AvgIpc) is 2.81. The number of aliphatic hydroxyl groups is 2. The third-order valence-electron chi connectivity index (χ3n) is 5.85. The monoisotopic (exact) mass is 498 g/mol. The van der Waals surface area contributed by atoms with Gasteiger partial charge in [-0.2, -0.15) is 52.7 Å². The summed E-state index contributed by atoms with van der Waals surface area (Å²) >= 11 is 0. The molecule has 2 aliphatic rings. The molecule has 0 radical (unpaired) electrons. The summed E-state index contributed by atoms with van der Waals surface area (Å²) in [5.41, 5.74) is -14.9. The number of esters is 1. The molecular weight excluding hydrogens is 484 g/mol. The van der Waals surface area contributed by atoms with Gasteiger partial charge in [-0.1, -0.05) is 6.58 Å². The molecule has 0 bridgehead atoms. The molecule has 2 fully saturated rings. The van der Waals surface area contributed by atoms with Crippen molar-refractivity contribution in [3.8, 4) is 0 Å². The fourth-order valence-electron chi connectivity index (χ4n) is 4.37. The minimum atomic E-state index is -6.59. The predicted molar refractivity (Wildman–Crippen MR) is 77.5 cm³/mol. The summed E-state index contributed by atoms with van der Waals surface area (Å²) in [6.45, 7) is 3.07. The maximum Gasteiger partial charge on any atom is 0.426 e. The number of carbonyl (C=O) groups is 1. The summed E-state index contributed by atoms with van der Waals surface area (Å²) < 4.78 is 164. The third kappa shape index (κ3) is 3.82. The summed E-state index contributed by atoms with van der Waals surface area (Å²) in [4.78, 5) is 11.6. The Kier molecular flexibility index (Phi) is 5.92. The molecule has 16 heteroatoms. The Hall–Kier alpha value is -1.71. The fourth-order valence-corrected chi connectivity index (χ4v) is 4.37. The zero-order valence-corrected chi connectivity index (χ0v) is 15.4. The molecule has 186 valence electrons. The van der Waals surface area contributed by atoms with Gasteiger partial charge < -0.3 is 14.9 Å². The first-order valence-electron chi connectivity index (χ1n) is 8.56. The first kappa shape index (κ1) is 26.5. The van der Waals surface area contributed by atoms with E-state index in [-0.39, 0.29) is 0 Å². The summed E-state index contributed by atoms with van der Waals surface area (Å²) in [6, 6.07) is 0. The van der Waals surface area contributed by atoms with Gasteiger partial charge in [0.15, 0.2) is 0 Å². The highest BCUT2D eigenvalue weighted by atomic mass is 19.4. The van der Waals surface area contributed by atoms with Crippen molar-refractivity contribution in [3.63, 3.8) is 0 Å². The molecule has 4 nitrogen and oxygen atoms in total. The molecule has 32 heavy (non-hydrogen) atoms. The van der Waals surface area contributed by atoms with Crippen LogP contribution in [0.2, 0.25) is 0 Å². The number of carbonyl (C=O) groups excluding carboxylic acids is 1. The first-order valence-corrected chi connectivity index (χ1v) is 8.56. The van der Waals surface area contributed by atoms with E-state index in [0.717, 1.165) is 0 Å². The molecule has 2 atom stereocenters. The second-order valence-corrected chi connectivity index (χ2v) is 7.91. The number of hydrogen-bond donors (Lipinski definition) is 2. The van der Waals surface area contributed by atoms with Crippen molar-refractivity contribution in [2.24, 2.45) is 11.8 Å². The van der Waals surface area contributed by atoms with Gasteiger partial charge in [-0.25, -0.2) is 4.79 Å². The molecule has 2 N–H and O–H groups in total. The molecular formula is C16H14F12O4. The molecule has 1 aliphatic carbocycles. The van der Waals surface area contributed by atoms with Crippen LogP contribution < -0.4 is 0 Å². The van der Waals surface area contributed by atoms with Crippen LogP contribution in [0.5, 0.6) is 0 Å². The van der Waals surface area contributed by atoms with E-state index < -0.39 is 90.6 Å². The number of halogens is 12. The fraction of sp³-hybridized carbons (Fsp3) is 0.812. The molecule has 1 spiro atoms. The van der Waals surface area contributed by atoms with E-state index in [9.17, 15) is 67.7 Å². The van der Waals surface area contributed by atoms with E-state index in [4.69, 9.17) is 0 Å². The van der Waals surface area contributed by atoms with E-state index in [1.165, 1.54) is 0 Å². The second kappa shape index (κ2) is 7.14. The average molecular weight is 498 g/mol. The normalized spacial score (nSPS) is 28.9. The maximum atomic E-state index is 13.3. The van der Waals surface area contributed by atoms with E-state index in [1.54, 1.807) is 0 Å². The number of rotatable bonds is 2. The van der Waals surface area contributed by atoms with E-state index in [1.807, 2.05) is 0 Å². The van der Waals surface area contributed by atoms with E-state index in [2.05, 4.69) is 11.3 Å². The van der Waals surface area contributed by atoms with Crippen LogP contribution in [0.15, 0.2) is 12.2 Å². The Balaban J connectivity index is 2.74. The highest BCUT2D eigenvalue weighted by Gasteiger charge is 2.79. The molecule has 0 aromatic carbocycles. The number of hydrogen-bond acceptors (Lipinski definition) is 4. The van der Waals surface area contributed by atoms with Gasteiger partial charge in [0.2, 0.25) is 0 Å². The van der Waals surface area contributed by atoms with Crippen molar-refractivity contribution in [1.29, 1.82) is 0 Å². The van der Waals surface area contributed by atoms with Gasteiger partial charge in [-0.15, -0.1) is 0 Å². The Morgan fingerprint density at radius 3 is 1.28 bits per heavy atom. The van der Waals surface area contributed by atoms with Crippen molar-refractivity contribution < 1.29 is 72.4 Å². The van der Waals surface area contributed by atoms with Crippen LogP contribution in [-0.2, 0) is 9.53 Å². The number of alkyl halides is 12. The van der Waals surface area contributed by atoms with Crippen molar-refractivity contribution in [2.45, 2.75) is 67.2 Å². The van der Waals surface area contributed by atoms with Crippen molar-refractivity contribution >= 4 is 5.97 Å². The maximum absolute atomic E-state index is 13.3. The first-order chi connectivity index (χ1) is 13.9. The molecule has 1 heterocycles. The Morgan fingerprint density at radius 1 is 0.750 bits per heavy atom. The Labute approximate surface area is 170 Å². The van der Waals surface area contributed by atoms with Gasteiger partial charge >= 0.3 is 30.7 Å². The van der Waals surface area contributed by atoms with Crippen LogP contribution in [0.4, 0.5) is 52.7 Å². The van der Waals surface area contributed by atoms with Crippen molar-refractivity contribution in [2.75, 3.05) is 0 Å². The van der Waals surface area contributed by atoms with Crippen LogP contribution in [0.25, 0.3) is 0 Å². The predicted octanol–water partition coefficient (Wildman–Crippen LogP) is 4.36. The van der Waals surface area contributed by atoms with Gasteiger partial charge in [0.05, 0.1) is 0 Å². The summed E-state index contributed by atoms with van der Waals surface area (Å²) in [5, 5.41) is 19.2. The van der Waals surface area contributed by atoms with Gasteiger partial charge in [0, 0.05) is 23.8 Å². The third-order valence-corrected chi connectivity index (χ3v) is 5.85. The van der Waals surface area contributed by atoms with Gasteiger partial charge in [-0.05, 0) is 19.3 Å². The van der Waals surface area contributed by atoms with Crippen molar-refractivity contribution in [1.82, 2.24) is 0 Å². The zero-order valence-electron chi connectivity index (χ0n) is 15.4. The van der Waals surface area contributed by atoms with Crippen LogP contribution in [-0.4, -0.2) is 57.7 Å².